The molecule has 0 aliphatic heterocycles. The Balaban J connectivity index is 2.84. The molecular formula is C9H13N3O4. The summed E-state index contributed by atoms with van der Waals surface area (Å²) in [6, 6.07) is -0.825. The van der Waals surface area contributed by atoms with Gasteiger partial charge in [0.05, 0.1) is 4.92 Å². The summed E-state index contributed by atoms with van der Waals surface area (Å²) in [6.07, 6.45) is 4.23. The lowest BCUT2D eigenvalue weighted by atomic mass is 10.1. The zero-order valence-corrected chi connectivity index (χ0v) is 8.87. The number of unbranched alkanes of at least 4 members (excludes halogenated alkanes) is 1. The first kappa shape index (κ1) is 12.2. The lowest BCUT2D eigenvalue weighted by Gasteiger charge is -2.11. The summed E-state index contributed by atoms with van der Waals surface area (Å²) in [7, 11) is 0. The van der Waals surface area contributed by atoms with E-state index in [1.54, 1.807) is 0 Å². The Hall–Kier alpha value is -1.92. The van der Waals surface area contributed by atoms with Crippen molar-refractivity contribution in [2.75, 3.05) is 0 Å². The molecule has 0 radical (unpaired) electrons. The third kappa shape index (κ3) is 2.78. The quantitative estimate of drug-likeness (QED) is 0.588. The van der Waals surface area contributed by atoms with Gasteiger partial charge in [-0.2, -0.15) is 5.10 Å². The fraction of sp³-hybridized carbons (Fsp3) is 0.556. The van der Waals surface area contributed by atoms with Crippen LogP contribution < -0.4 is 0 Å². The number of nitrogens with zero attached hydrogens (tertiary/aromatic N) is 3. The molecule has 0 bridgehead atoms. The van der Waals surface area contributed by atoms with Crippen LogP contribution in [0.15, 0.2) is 12.4 Å². The zero-order valence-electron chi connectivity index (χ0n) is 8.87. The van der Waals surface area contributed by atoms with Crippen LogP contribution in [0.1, 0.15) is 32.2 Å². The highest BCUT2D eigenvalue weighted by Gasteiger charge is 2.22. The van der Waals surface area contributed by atoms with Crippen molar-refractivity contribution < 1.29 is 14.8 Å². The van der Waals surface area contributed by atoms with E-state index in [9.17, 15) is 14.9 Å². The molecule has 7 heteroatoms. The molecule has 1 heterocycles. The van der Waals surface area contributed by atoms with E-state index in [0.29, 0.717) is 6.42 Å². The van der Waals surface area contributed by atoms with Crippen molar-refractivity contribution in [3.05, 3.63) is 22.5 Å². The third-order valence-electron chi connectivity index (χ3n) is 2.23. The van der Waals surface area contributed by atoms with Crippen molar-refractivity contribution in [3.8, 4) is 0 Å². The molecule has 1 N–H and O–H groups in total. The number of hydrogen-bond acceptors (Lipinski definition) is 4. The topological polar surface area (TPSA) is 98.3 Å². The molecule has 0 spiro atoms. The van der Waals surface area contributed by atoms with Crippen LogP contribution in [0.4, 0.5) is 5.69 Å². The standard InChI is InChI=1S/C9H13N3O4/c1-2-3-4-8(9(13)14)11-6-7(5-10-11)12(15)16/h5-6,8H,2-4H2,1H3,(H,13,14). The largest absolute Gasteiger partial charge is 0.480 e. The Morgan fingerprint density at radius 1 is 1.75 bits per heavy atom. The average molecular weight is 227 g/mol. The van der Waals surface area contributed by atoms with E-state index in [1.807, 2.05) is 6.92 Å². The number of hydrogen-bond donors (Lipinski definition) is 1. The van der Waals surface area contributed by atoms with Crippen molar-refractivity contribution in [1.82, 2.24) is 9.78 Å². The summed E-state index contributed by atoms with van der Waals surface area (Å²) in [5, 5.41) is 23.1. The van der Waals surface area contributed by atoms with Crippen LogP contribution in [0.5, 0.6) is 0 Å². The van der Waals surface area contributed by atoms with Crippen molar-refractivity contribution in [2.24, 2.45) is 0 Å². The number of rotatable bonds is 6. The van der Waals surface area contributed by atoms with Gasteiger partial charge in [-0.05, 0) is 6.42 Å². The van der Waals surface area contributed by atoms with Crippen molar-refractivity contribution in [2.45, 2.75) is 32.2 Å². The molecule has 1 rings (SSSR count). The van der Waals surface area contributed by atoms with Gasteiger partial charge in [-0.25, -0.2) is 4.79 Å². The monoisotopic (exact) mass is 227 g/mol. The average Bonchev–Trinajstić information content (AvgIpc) is 2.67. The van der Waals surface area contributed by atoms with Gasteiger partial charge in [0, 0.05) is 0 Å². The van der Waals surface area contributed by atoms with E-state index in [1.165, 1.54) is 0 Å². The normalized spacial score (nSPS) is 12.3. The van der Waals surface area contributed by atoms with E-state index < -0.39 is 16.9 Å². The molecule has 0 fully saturated rings. The van der Waals surface area contributed by atoms with Gasteiger partial charge < -0.3 is 5.11 Å². The van der Waals surface area contributed by atoms with Crippen LogP contribution in [0, 0.1) is 10.1 Å². The summed E-state index contributed by atoms with van der Waals surface area (Å²) in [5.41, 5.74) is -0.192. The summed E-state index contributed by atoms with van der Waals surface area (Å²) in [6.45, 7) is 1.95. The fourth-order valence-corrected chi connectivity index (χ4v) is 1.36. The van der Waals surface area contributed by atoms with Crippen molar-refractivity contribution in [1.29, 1.82) is 0 Å². The van der Waals surface area contributed by atoms with E-state index in [4.69, 9.17) is 5.11 Å². The lowest BCUT2D eigenvalue weighted by Crippen LogP contribution is -2.19. The van der Waals surface area contributed by atoms with Crippen molar-refractivity contribution >= 4 is 11.7 Å². The Labute approximate surface area is 91.8 Å². The van der Waals surface area contributed by atoms with E-state index in [-0.39, 0.29) is 5.69 Å². The Morgan fingerprint density at radius 3 is 2.88 bits per heavy atom. The third-order valence-corrected chi connectivity index (χ3v) is 2.23. The minimum atomic E-state index is -1.02. The highest BCUT2D eigenvalue weighted by atomic mass is 16.6. The van der Waals surface area contributed by atoms with Crippen LogP contribution in [-0.4, -0.2) is 25.8 Å². The summed E-state index contributed by atoms with van der Waals surface area (Å²) >= 11 is 0. The molecule has 0 saturated carbocycles. The molecule has 7 nitrogen and oxygen atoms in total. The first-order valence-electron chi connectivity index (χ1n) is 4.97. The van der Waals surface area contributed by atoms with Crippen LogP contribution in [0.2, 0.25) is 0 Å². The van der Waals surface area contributed by atoms with E-state index in [2.05, 4.69) is 5.10 Å². The minimum absolute atomic E-state index is 0.192. The second-order valence-corrected chi connectivity index (χ2v) is 3.43. The van der Waals surface area contributed by atoms with Crippen LogP contribution >= 0.6 is 0 Å². The minimum Gasteiger partial charge on any atom is -0.480 e. The number of carbonyl (C=O) groups is 1. The van der Waals surface area contributed by atoms with Gasteiger partial charge in [0.2, 0.25) is 0 Å². The van der Waals surface area contributed by atoms with Gasteiger partial charge in [-0.1, -0.05) is 19.8 Å². The smallest absolute Gasteiger partial charge is 0.328 e. The van der Waals surface area contributed by atoms with Crippen LogP contribution in [0.25, 0.3) is 0 Å². The maximum absolute atomic E-state index is 11.0. The second kappa shape index (κ2) is 5.24. The van der Waals surface area contributed by atoms with Crippen molar-refractivity contribution in [3.63, 3.8) is 0 Å². The molecule has 1 aromatic heterocycles. The van der Waals surface area contributed by atoms with Crippen LogP contribution in [0.3, 0.4) is 0 Å². The molecular weight excluding hydrogens is 214 g/mol. The van der Waals surface area contributed by atoms with Crippen LogP contribution in [-0.2, 0) is 4.79 Å². The lowest BCUT2D eigenvalue weighted by molar-refractivity contribution is -0.385. The molecule has 0 saturated heterocycles. The molecule has 0 aromatic carbocycles. The van der Waals surface area contributed by atoms with Gasteiger partial charge in [0.25, 0.3) is 0 Å². The summed E-state index contributed by atoms with van der Waals surface area (Å²) in [5.74, 6) is -1.02. The van der Waals surface area contributed by atoms with E-state index in [0.717, 1.165) is 29.9 Å². The number of carboxylic acid groups (broad SMARTS) is 1. The van der Waals surface area contributed by atoms with Gasteiger partial charge in [-0.3, -0.25) is 14.8 Å². The Bertz CT molecular complexity index is 388. The van der Waals surface area contributed by atoms with Gasteiger partial charge in [0.1, 0.15) is 18.4 Å². The predicted molar refractivity (Wildman–Crippen MR) is 55.1 cm³/mol. The van der Waals surface area contributed by atoms with Gasteiger partial charge >= 0.3 is 11.7 Å². The summed E-state index contributed by atoms with van der Waals surface area (Å²) < 4.78 is 1.14. The maximum atomic E-state index is 11.0. The molecule has 0 aliphatic rings. The first-order chi connectivity index (χ1) is 7.56. The Morgan fingerprint density at radius 2 is 2.44 bits per heavy atom. The number of aliphatic carboxylic acids is 1. The Kier molecular flexibility index (Phi) is 3.98. The highest BCUT2D eigenvalue weighted by molar-refractivity contribution is 5.71. The molecule has 1 unspecified atom stereocenters. The summed E-state index contributed by atoms with van der Waals surface area (Å²) in [4.78, 5) is 20.8. The molecule has 1 aromatic rings. The number of carboxylic acids is 1. The van der Waals surface area contributed by atoms with E-state index >= 15 is 0 Å². The number of aromatic nitrogens is 2. The maximum Gasteiger partial charge on any atom is 0.328 e. The highest BCUT2D eigenvalue weighted by Crippen LogP contribution is 2.18. The fourth-order valence-electron chi connectivity index (χ4n) is 1.36. The molecule has 1 atom stereocenters. The molecule has 0 amide bonds. The number of nitro groups is 1. The first-order valence-corrected chi connectivity index (χ1v) is 4.97. The molecule has 16 heavy (non-hydrogen) atoms. The van der Waals surface area contributed by atoms with Gasteiger partial charge in [0.15, 0.2) is 0 Å². The SMILES string of the molecule is CCCCC(C(=O)O)n1cc([N+](=O)[O-])cn1. The van der Waals surface area contributed by atoms with Gasteiger partial charge in [-0.15, -0.1) is 0 Å². The molecule has 88 valence electrons. The second-order valence-electron chi connectivity index (χ2n) is 3.43. The molecule has 0 aliphatic carbocycles. The zero-order chi connectivity index (χ0) is 12.1. The predicted octanol–water partition coefficient (Wildman–Crippen LogP) is 1.61.